The maximum Gasteiger partial charge on any atom is 0.433 e. The van der Waals surface area contributed by atoms with Gasteiger partial charge in [-0.3, -0.25) is 10.1 Å². The van der Waals surface area contributed by atoms with Gasteiger partial charge in [-0.15, -0.1) is 4.79 Å². The molecule has 0 aromatic carbocycles. The van der Waals surface area contributed by atoms with Crippen LogP contribution in [0.15, 0.2) is 21.5 Å². The quantitative estimate of drug-likeness (QED) is 0.324. The van der Waals surface area contributed by atoms with Crippen molar-refractivity contribution in [1.82, 2.24) is 20.3 Å². The third kappa shape index (κ3) is 1.84. The van der Waals surface area contributed by atoms with E-state index in [0.717, 1.165) is 4.79 Å². The number of tetrazole rings is 1. The zero-order chi connectivity index (χ0) is 11.5. The molecule has 10 nitrogen and oxygen atoms in total. The fraction of sp³-hybridized carbons (Fsp3) is 0. The van der Waals surface area contributed by atoms with Crippen LogP contribution in [0.2, 0.25) is 0 Å². The minimum absolute atomic E-state index is 0.0547. The Morgan fingerprint density at radius 2 is 2.44 bits per heavy atom. The molecule has 82 valence electrons. The number of nitrogens with zero attached hydrogens (tertiary/aromatic N) is 6. The van der Waals surface area contributed by atoms with Gasteiger partial charge in [-0.25, -0.2) is 4.99 Å². The molecule has 2 heterocycles. The van der Waals surface area contributed by atoms with Gasteiger partial charge in [-0.2, -0.15) is 0 Å². The van der Waals surface area contributed by atoms with Crippen molar-refractivity contribution in [3.63, 3.8) is 0 Å². The predicted molar refractivity (Wildman–Crippen MR) is 50.6 cm³/mol. The van der Waals surface area contributed by atoms with Gasteiger partial charge in [0.15, 0.2) is 5.76 Å². The summed E-state index contributed by atoms with van der Waals surface area (Å²) in [6.45, 7) is 0. The molecule has 0 spiro atoms. The fourth-order valence-corrected chi connectivity index (χ4v) is 0.905. The van der Waals surface area contributed by atoms with Crippen molar-refractivity contribution in [1.29, 1.82) is 0 Å². The summed E-state index contributed by atoms with van der Waals surface area (Å²) in [6, 6.07) is 2.61. The van der Waals surface area contributed by atoms with E-state index in [1.165, 1.54) is 18.3 Å². The second kappa shape index (κ2) is 3.76. The average molecular weight is 223 g/mol. The molecule has 0 unspecified atom stereocenters. The van der Waals surface area contributed by atoms with Gasteiger partial charge in [0, 0.05) is 0 Å². The van der Waals surface area contributed by atoms with Crippen LogP contribution in [0.5, 0.6) is 0 Å². The minimum atomic E-state index is -0.648. The molecule has 0 aliphatic carbocycles. The summed E-state index contributed by atoms with van der Waals surface area (Å²) in [5, 5.41) is 20.4. The van der Waals surface area contributed by atoms with Crippen molar-refractivity contribution in [2.75, 3.05) is 5.84 Å². The Kier molecular flexibility index (Phi) is 2.30. The third-order valence-electron chi connectivity index (χ3n) is 1.58. The molecule has 0 saturated heterocycles. The molecule has 0 bridgehead atoms. The molecule has 0 atom stereocenters. The molecule has 10 heteroatoms. The fourth-order valence-electron chi connectivity index (χ4n) is 0.905. The van der Waals surface area contributed by atoms with E-state index >= 15 is 0 Å². The van der Waals surface area contributed by atoms with Gasteiger partial charge in [0.1, 0.15) is 4.92 Å². The number of furan rings is 1. The van der Waals surface area contributed by atoms with E-state index in [2.05, 4.69) is 20.5 Å². The molecule has 0 saturated carbocycles. The Morgan fingerprint density at radius 1 is 1.62 bits per heavy atom. The summed E-state index contributed by atoms with van der Waals surface area (Å²) in [5.74, 6) is 5.18. The normalized spacial score (nSPS) is 11.0. The first-order chi connectivity index (χ1) is 7.66. The van der Waals surface area contributed by atoms with Crippen molar-refractivity contribution in [3.05, 3.63) is 28.0 Å². The number of hydrogen-bond acceptors (Lipinski definition) is 8. The number of nitrogen functional groups attached to an aromatic ring is 1. The average Bonchev–Trinajstić information content (AvgIpc) is 2.83. The molecule has 2 N–H and O–H groups in total. The van der Waals surface area contributed by atoms with E-state index in [1.54, 1.807) is 0 Å². The van der Waals surface area contributed by atoms with Crippen LogP contribution in [-0.4, -0.2) is 31.5 Å². The lowest BCUT2D eigenvalue weighted by atomic mass is 10.5. The standard InChI is InChI=1S/C6H5N7O3/c7-12-6(9-10-11-12)8-3-4-1-2-5(16-4)13(14)15/h1-3H,7H2. The number of rotatable bonds is 3. The van der Waals surface area contributed by atoms with Gasteiger partial charge in [0.25, 0.3) is 5.95 Å². The van der Waals surface area contributed by atoms with E-state index in [9.17, 15) is 10.1 Å². The Labute approximate surface area is 87.5 Å². The lowest BCUT2D eigenvalue weighted by Gasteiger charge is -1.87. The number of nitro groups is 1. The van der Waals surface area contributed by atoms with Crippen LogP contribution < -0.4 is 5.84 Å². The number of aromatic nitrogens is 4. The zero-order valence-corrected chi connectivity index (χ0v) is 7.72. The van der Waals surface area contributed by atoms with Crippen LogP contribution in [0.1, 0.15) is 5.76 Å². The Balaban J connectivity index is 2.18. The monoisotopic (exact) mass is 223 g/mol. The third-order valence-corrected chi connectivity index (χ3v) is 1.58. The van der Waals surface area contributed by atoms with Crippen LogP contribution >= 0.6 is 0 Å². The van der Waals surface area contributed by atoms with Crippen LogP contribution in [-0.2, 0) is 0 Å². The second-order valence-corrected chi connectivity index (χ2v) is 2.61. The van der Waals surface area contributed by atoms with Gasteiger partial charge in [-0.05, 0) is 16.5 Å². The number of aliphatic imine (C=N–C) groups is 1. The van der Waals surface area contributed by atoms with Gasteiger partial charge in [0.2, 0.25) is 0 Å². The maximum atomic E-state index is 10.3. The van der Waals surface area contributed by atoms with E-state index in [0.29, 0.717) is 0 Å². The lowest BCUT2D eigenvalue weighted by Crippen LogP contribution is -2.09. The molecule has 0 radical (unpaired) electrons. The Hall–Kier alpha value is -2.78. The molecular weight excluding hydrogens is 218 g/mol. The summed E-state index contributed by atoms with van der Waals surface area (Å²) >= 11 is 0. The smallest absolute Gasteiger partial charge is 0.400 e. The molecular formula is C6H5N7O3. The summed E-state index contributed by atoms with van der Waals surface area (Å²) in [5.41, 5.74) is 0. The Morgan fingerprint density at radius 3 is 3.00 bits per heavy atom. The van der Waals surface area contributed by atoms with Crippen LogP contribution in [0.3, 0.4) is 0 Å². The molecule has 0 aliphatic heterocycles. The lowest BCUT2D eigenvalue weighted by molar-refractivity contribution is -0.402. The van der Waals surface area contributed by atoms with Gasteiger partial charge < -0.3 is 10.3 Å². The molecule has 0 fully saturated rings. The molecule has 2 aromatic heterocycles. The van der Waals surface area contributed by atoms with Gasteiger partial charge in [-0.1, -0.05) is 5.10 Å². The first kappa shape index (κ1) is 9.76. The van der Waals surface area contributed by atoms with Crippen molar-refractivity contribution in [3.8, 4) is 0 Å². The highest BCUT2D eigenvalue weighted by Crippen LogP contribution is 2.14. The summed E-state index contributed by atoms with van der Waals surface area (Å²) in [7, 11) is 0. The first-order valence-electron chi connectivity index (χ1n) is 3.98. The molecule has 0 aliphatic rings. The highest BCUT2D eigenvalue weighted by atomic mass is 16.6. The topological polar surface area (TPSA) is 138 Å². The Bertz CT molecular complexity index is 542. The van der Waals surface area contributed by atoms with Gasteiger partial charge in [0.05, 0.1) is 12.3 Å². The number of nitrogens with two attached hydrogens (primary N) is 1. The summed E-state index contributed by atoms with van der Waals surface area (Å²) < 4.78 is 4.82. The van der Waals surface area contributed by atoms with Crippen molar-refractivity contribution in [2.45, 2.75) is 0 Å². The second-order valence-electron chi connectivity index (χ2n) is 2.61. The zero-order valence-electron chi connectivity index (χ0n) is 7.72. The van der Waals surface area contributed by atoms with E-state index in [1.807, 2.05) is 0 Å². The van der Waals surface area contributed by atoms with Gasteiger partial charge >= 0.3 is 5.88 Å². The molecule has 2 rings (SSSR count). The molecule has 2 aromatic rings. The van der Waals surface area contributed by atoms with Crippen LogP contribution in [0.4, 0.5) is 11.8 Å². The van der Waals surface area contributed by atoms with E-state index in [4.69, 9.17) is 10.3 Å². The maximum absolute atomic E-state index is 10.3. The number of hydrogen-bond donors (Lipinski definition) is 1. The minimum Gasteiger partial charge on any atom is -0.400 e. The molecule has 16 heavy (non-hydrogen) atoms. The highest BCUT2D eigenvalue weighted by molar-refractivity contribution is 5.78. The summed E-state index contributed by atoms with van der Waals surface area (Å²) in [4.78, 5) is 14.3. The first-order valence-corrected chi connectivity index (χ1v) is 3.98. The largest absolute Gasteiger partial charge is 0.433 e. The molecule has 0 amide bonds. The SMILES string of the molecule is Nn1nnnc1N=Cc1ccc([N+](=O)[O-])o1. The van der Waals surface area contributed by atoms with Crippen molar-refractivity contribution < 1.29 is 9.34 Å². The predicted octanol–water partition coefficient (Wildman–Crippen LogP) is -0.361. The van der Waals surface area contributed by atoms with Crippen LogP contribution in [0.25, 0.3) is 0 Å². The van der Waals surface area contributed by atoms with Crippen molar-refractivity contribution in [2.24, 2.45) is 4.99 Å². The van der Waals surface area contributed by atoms with Crippen LogP contribution in [0, 0.1) is 10.1 Å². The van der Waals surface area contributed by atoms with E-state index < -0.39 is 4.92 Å². The van der Waals surface area contributed by atoms with E-state index in [-0.39, 0.29) is 17.6 Å². The summed E-state index contributed by atoms with van der Waals surface area (Å²) in [6.07, 6.45) is 1.22. The van der Waals surface area contributed by atoms with Crippen molar-refractivity contribution >= 4 is 18.0 Å². The highest BCUT2D eigenvalue weighted by Gasteiger charge is 2.10.